The van der Waals surface area contributed by atoms with Crippen molar-refractivity contribution in [3.63, 3.8) is 0 Å². The summed E-state index contributed by atoms with van der Waals surface area (Å²) in [6.45, 7) is 3.97. The predicted octanol–water partition coefficient (Wildman–Crippen LogP) is 2.07. The molecule has 1 aliphatic rings. The third-order valence-electron chi connectivity index (χ3n) is 3.49. The Hall–Kier alpha value is -0.860. The average molecular weight is 330 g/mol. The Balaban J connectivity index is 2.01. The van der Waals surface area contributed by atoms with Gasteiger partial charge in [-0.05, 0) is 33.1 Å². The highest BCUT2D eigenvalue weighted by molar-refractivity contribution is 8.01. The Morgan fingerprint density at radius 3 is 2.76 bits per heavy atom. The van der Waals surface area contributed by atoms with Gasteiger partial charge < -0.3 is 10.0 Å². The lowest BCUT2D eigenvalue weighted by atomic mass is 9.97. The lowest BCUT2D eigenvalue weighted by Gasteiger charge is -2.28. The van der Waals surface area contributed by atoms with Crippen molar-refractivity contribution in [2.24, 2.45) is 0 Å². The third-order valence-corrected chi connectivity index (χ3v) is 5.93. The van der Waals surface area contributed by atoms with Crippen LogP contribution in [0, 0.1) is 0 Å². The molecular weight excluding hydrogens is 308 g/mol. The van der Waals surface area contributed by atoms with Crippen LogP contribution in [-0.2, 0) is 4.79 Å². The molecule has 2 atom stereocenters. The van der Waals surface area contributed by atoms with Crippen molar-refractivity contribution in [3.05, 3.63) is 0 Å². The molecule has 0 aliphatic heterocycles. The van der Waals surface area contributed by atoms with Crippen molar-refractivity contribution in [2.45, 2.75) is 54.3 Å². The number of carboxylic acids is 1. The zero-order valence-electron chi connectivity index (χ0n) is 12.8. The minimum atomic E-state index is -0.791. The minimum Gasteiger partial charge on any atom is -0.480 e. The van der Waals surface area contributed by atoms with Gasteiger partial charge in [-0.1, -0.05) is 23.1 Å². The molecule has 1 heterocycles. The molecular formula is C13H22N4O2S2. The van der Waals surface area contributed by atoms with Gasteiger partial charge in [0.2, 0.25) is 5.13 Å². The molecule has 1 aliphatic carbocycles. The number of carbonyl (C=O) groups is 1. The maximum atomic E-state index is 11.6. The fourth-order valence-corrected chi connectivity index (χ4v) is 4.92. The summed E-state index contributed by atoms with van der Waals surface area (Å²) in [6.07, 6.45) is 2.17. The molecule has 1 saturated carbocycles. The van der Waals surface area contributed by atoms with Crippen molar-refractivity contribution < 1.29 is 9.90 Å². The maximum absolute atomic E-state index is 11.6. The van der Waals surface area contributed by atoms with Crippen molar-refractivity contribution in [3.8, 4) is 0 Å². The summed E-state index contributed by atoms with van der Waals surface area (Å²) in [5.74, 6) is -0.745. The van der Waals surface area contributed by atoms with E-state index in [0.29, 0.717) is 12.8 Å². The van der Waals surface area contributed by atoms with Gasteiger partial charge in [-0.15, -0.1) is 10.2 Å². The highest BCUT2D eigenvalue weighted by Gasteiger charge is 2.46. The smallest absolute Gasteiger partial charge is 0.323 e. The molecule has 2 rings (SSSR count). The lowest BCUT2D eigenvalue weighted by molar-refractivity contribution is -0.145. The van der Waals surface area contributed by atoms with Crippen molar-refractivity contribution in [2.75, 3.05) is 19.0 Å². The molecule has 2 N–H and O–H groups in total. The van der Waals surface area contributed by atoms with Gasteiger partial charge >= 0.3 is 5.97 Å². The van der Waals surface area contributed by atoms with Gasteiger partial charge in [-0.3, -0.25) is 10.1 Å². The molecule has 0 aromatic carbocycles. The molecule has 21 heavy (non-hydrogen) atoms. The number of nitrogens with zero attached hydrogens (tertiary/aromatic N) is 3. The second-order valence-electron chi connectivity index (χ2n) is 5.91. The number of nitrogens with one attached hydrogen (secondary N) is 1. The van der Waals surface area contributed by atoms with Gasteiger partial charge in [0, 0.05) is 25.4 Å². The Labute approximate surface area is 133 Å². The third kappa shape index (κ3) is 3.87. The Morgan fingerprint density at radius 2 is 2.24 bits per heavy atom. The van der Waals surface area contributed by atoms with Gasteiger partial charge in [0.15, 0.2) is 4.34 Å². The summed E-state index contributed by atoms with van der Waals surface area (Å²) in [4.78, 5) is 13.6. The van der Waals surface area contributed by atoms with Crippen molar-refractivity contribution in [1.29, 1.82) is 0 Å². The van der Waals surface area contributed by atoms with E-state index in [0.717, 1.165) is 15.9 Å². The zero-order chi connectivity index (χ0) is 15.6. The zero-order valence-corrected chi connectivity index (χ0v) is 14.4. The van der Waals surface area contributed by atoms with Gasteiger partial charge in [-0.25, -0.2) is 0 Å². The number of hydrogen-bond donors (Lipinski definition) is 2. The Kier molecular flexibility index (Phi) is 5.11. The number of carboxylic acid groups (broad SMARTS) is 1. The highest BCUT2D eigenvalue weighted by atomic mass is 32.2. The first-order chi connectivity index (χ1) is 9.82. The van der Waals surface area contributed by atoms with E-state index in [-0.39, 0.29) is 11.3 Å². The van der Waals surface area contributed by atoms with Crippen LogP contribution >= 0.6 is 23.1 Å². The number of aromatic nitrogens is 2. The van der Waals surface area contributed by atoms with Crippen LogP contribution in [-0.4, -0.2) is 52.2 Å². The number of hydrogen-bond acceptors (Lipinski definition) is 7. The second kappa shape index (κ2) is 6.50. The quantitative estimate of drug-likeness (QED) is 0.826. The van der Waals surface area contributed by atoms with Gasteiger partial charge in [0.25, 0.3) is 0 Å². The molecule has 8 heteroatoms. The van der Waals surface area contributed by atoms with Gasteiger partial charge in [-0.2, -0.15) is 0 Å². The number of aliphatic carboxylic acids is 1. The molecule has 1 aromatic heterocycles. The monoisotopic (exact) mass is 330 g/mol. The summed E-state index contributed by atoms with van der Waals surface area (Å²) >= 11 is 3.20. The molecule has 1 fully saturated rings. The summed E-state index contributed by atoms with van der Waals surface area (Å²) in [5, 5.41) is 22.3. The molecule has 6 nitrogen and oxygen atoms in total. The van der Waals surface area contributed by atoms with Crippen LogP contribution in [0.4, 0.5) is 5.13 Å². The molecule has 0 amide bonds. The summed E-state index contributed by atoms with van der Waals surface area (Å²) < 4.78 is 0.912. The van der Waals surface area contributed by atoms with Crippen LogP contribution in [0.3, 0.4) is 0 Å². The first-order valence-corrected chi connectivity index (χ1v) is 8.70. The Bertz CT molecular complexity index is 506. The van der Waals surface area contributed by atoms with E-state index in [2.05, 4.69) is 15.5 Å². The van der Waals surface area contributed by atoms with Gasteiger partial charge in [0.05, 0.1) is 0 Å². The van der Waals surface area contributed by atoms with Crippen LogP contribution in [0.5, 0.6) is 0 Å². The van der Waals surface area contributed by atoms with Crippen LogP contribution in [0.2, 0.25) is 0 Å². The first kappa shape index (κ1) is 16.5. The largest absolute Gasteiger partial charge is 0.480 e. The predicted molar refractivity (Wildman–Crippen MR) is 86.4 cm³/mol. The number of thioether (sulfide) groups is 1. The van der Waals surface area contributed by atoms with E-state index in [1.54, 1.807) is 23.1 Å². The van der Waals surface area contributed by atoms with Crippen molar-refractivity contribution in [1.82, 2.24) is 15.5 Å². The van der Waals surface area contributed by atoms with Crippen LogP contribution < -0.4 is 10.2 Å². The summed E-state index contributed by atoms with van der Waals surface area (Å²) in [7, 11) is 3.87. The summed E-state index contributed by atoms with van der Waals surface area (Å²) in [6, 6.07) is 0.159. The Morgan fingerprint density at radius 1 is 1.52 bits per heavy atom. The minimum absolute atomic E-state index is 0.159. The standard InChI is InChI=1S/C13H22N4O2S2/c1-8(2)14-13(10(18)19)6-5-9(7-13)20-12-16-15-11(21-12)17(3)4/h8-9,14H,5-7H2,1-4H3,(H,18,19). The normalized spacial score (nSPS) is 25.5. The van der Waals surface area contributed by atoms with E-state index in [1.165, 1.54) is 0 Å². The van der Waals surface area contributed by atoms with Crippen LogP contribution in [0.25, 0.3) is 0 Å². The number of rotatable bonds is 6. The van der Waals surface area contributed by atoms with E-state index < -0.39 is 11.5 Å². The van der Waals surface area contributed by atoms with E-state index in [9.17, 15) is 9.90 Å². The van der Waals surface area contributed by atoms with E-state index in [1.807, 2.05) is 32.8 Å². The topological polar surface area (TPSA) is 78.3 Å². The molecule has 2 unspecified atom stereocenters. The van der Waals surface area contributed by atoms with Crippen LogP contribution in [0.15, 0.2) is 4.34 Å². The SMILES string of the molecule is CC(C)NC1(C(=O)O)CCC(Sc2nnc(N(C)C)s2)C1. The lowest BCUT2D eigenvalue weighted by Crippen LogP contribution is -2.53. The molecule has 0 bridgehead atoms. The maximum Gasteiger partial charge on any atom is 0.323 e. The molecule has 0 radical (unpaired) electrons. The average Bonchev–Trinajstić information content (AvgIpc) is 2.97. The summed E-state index contributed by atoms with van der Waals surface area (Å²) in [5.41, 5.74) is -0.791. The van der Waals surface area contributed by atoms with E-state index in [4.69, 9.17) is 0 Å². The number of anilines is 1. The molecule has 0 saturated heterocycles. The van der Waals surface area contributed by atoms with Crippen LogP contribution in [0.1, 0.15) is 33.1 Å². The fraction of sp³-hybridized carbons (Fsp3) is 0.769. The fourth-order valence-electron chi connectivity index (χ4n) is 2.61. The van der Waals surface area contributed by atoms with E-state index >= 15 is 0 Å². The molecule has 1 aromatic rings. The van der Waals surface area contributed by atoms with Crippen molar-refractivity contribution >= 4 is 34.2 Å². The molecule has 0 spiro atoms. The molecule has 118 valence electrons. The van der Waals surface area contributed by atoms with Gasteiger partial charge in [0.1, 0.15) is 5.54 Å². The highest BCUT2D eigenvalue weighted by Crippen LogP contribution is 2.42. The second-order valence-corrected chi connectivity index (χ2v) is 8.42. The first-order valence-electron chi connectivity index (χ1n) is 7.01.